The maximum Gasteiger partial charge on any atom is 0.134 e. The van der Waals surface area contributed by atoms with Gasteiger partial charge in [-0.25, -0.2) is 0 Å². The fourth-order valence-corrected chi connectivity index (χ4v) is 2.52. The molecule has 0 unspecified atom stereocenters. The number of H-pyrrole nitrogens is 1. The fraction of sp³-hybridized carbons (Fsp3) is 0.0625. The second kappa shape index (κ2) is 6.01. The Labute approximate surface area is 131 Å². The van der Waals surface area contributed by atoms with Crippen LogP contribution in [0.4, 0.5) is 5.69 Å². The van der Waals surface area contributed by atoms with Gasteiger partial charge in [0.25, 0.3) is 0 Å². The Bertz CT molecular complexity index is 741. The van der Waals surface area contributed by atoms with E-state index in [1.807, 2.05) is 48.5 Å². The number of aromatic amines is 1. The maximum absolute atomic E-state index is 9.98. The minimum atomic E-state index is 0.273. The Morgan fingerprint density at radius 1 is 1.14 bits per heavy atom. The highest BCUT2D eigenvalue weighted by Gasteiger charge is 2.05. The number of nitrogens with one attached hydrogen (secondary N) is 2. The molecule has 106 valence electrons. The summed E-state index contributed by atoms with van der Waals surface area (Å²) in [6.07, 6.45) is 1.73. The van der Waals surface area contributed by atoms with Gasteiger partial charge in [-0.05, 0) is 40.2 Å². The molecular weight excluding hydrogens is 330 g/mol. The van der Waals surface area contributed by atoms with Gasteiger partial charge in [-0.15, -0.1) is 0 Å². The lowest BCUT2D eigenvalue weighted by Crippen LogP contribution is -2.00. The maximum atomic E-state index is 9.98. The van der Waals surface area contributed by atoms with Crippen LogP contribution in [0.3, 0.4) is 0 Å². The fourth-order valence-electron chi connectivity index (χ4n) is 2.11. The lowest BCUT2D eigenvalue weighted by molar-refractivity contribution is 0.465. The summed E-state index contributed by atoms with van der Waals surface area (Å²) in [7, 11) is 0. The number of nitrogens with zero attached hydrogens (tertiary/aromatic N) is 1. The van der Waals surface area contributed by atoms with Crippen molar-refractivity contribution in [2.45, 2.75) is 6.54 Å². The molecule has 21 heavy (non-hydrogen) atoms. The molecule has 3 N–H and O–H groups in total. The Morgan fingerprint density at radius 2 is 2.00 bits per heavy atom. The number of halogens is 1. The van der Waals surface area contributed by atoms with Crippen molar-refractivity contribution in [3.63, 3.8) is 0 Å². The highest BCUT2D eigenvalue weighted by Crippen LogP contribution is 2.28. The number of anilines is 1. The van der Waals surface area contributed by atoms with Gasteiger partial charge in [0.05, 0.1) is 10.2 Å². The predicted octanol–water partition coefficient (Wildman–Crippen LogP) is 4.16. The Hall–Kier alpha value is -2.27. The van der Waals surface area contributed by atoms with E-state index in [4.69, 9.17) is 0 Å². The SMILES string of the molecule is Oc1c(Br)cccc1CNc1cccc(-c2ccn[nH]2)c1. The number of benzene rings is 2. The topological polar surface area (TPSA) is 60.9 Å². The molecule has 0 atom stereocenters. The Kier molecular flexibility index (Phi) is 3.92. The zero-order valence-corrected chi connectivity index (χ0v) is 12.8. The summed E-state index contributed by atoms with van der Waals surface area (Å²) in [5.74, 6) is 0.273. The molecule has 0 amide bonds. The van der Waals surface area contributed by atoms with Crippen molar-refractivity contribution in [2.24, 2.45) is 0 Å². The molecule has 5 heteroatoms. The molecule has 0 aliphatic carbocycles. The van der Waals surface area contributed by atoms with Crippen LogP contribution in [0.25, 0.3) is 11.3 Å². The molecule has 3 aromatic rings. The average Bonchev–Trinajstić information content (AvgIpc) is 3.03. The van der Waals surface area contributed by atoms with E-state index in [-0.39, 0.29) is 5.75 Å². The molecular formula is C16H14BrN3O. The van der Waals surface area contributed by atoms with Crippen LogP contribution < -0.4 is 5.32 Å². The van der Waals surface area contributed by atoms with Gasteiger partial charge in [-0.1, -0.05) is 24.3 Å². The highest BCUT2D eigenvalue weighted by atomic mass is 79.9. The van der Waals surface area contributed by atoms with Crippen LogP contribution in [0.5, 0.6) is 5.75 Å². The first-order valence-corrected chi connectivity index (χ1v) is 7.33. The van der Waals surface area contributed by atoms with Gasteiger partial charge in [-0.3, -0.25) is 5.10 Å². The average molecular weight is 344 g/mol. The van der Waals surface area contributed by atoms with Crippen LogP contribution in [0.15, 0.2) is 59.2 Å². The number of para-hydroxylation sites is 1. The number of phenols is 1. The molecule has 0 fully saturated rings. The summed E-state index contributed by atoms with van der Waals surface area (Å²) in [5, 5.41) is 20.2. The first-order chi connectivity index (χ1) is 10.2. The van der Waals surface area contributed by atoms with Gasteiger partial charge < -0.3 is 10.4 Å². The van der Waals surface area contributed by atoms with E-state index < -0.39 is 0 Å². The van der Waals surface area contributed by atoms with Gasteiger partial charge >= 0.3 is 0 Å². The smallest absolute Gasteiger partial charge is 0.134 e. The Morgan fingerprint density at radius 3 is 2.81 bits per heavy atom. The van der Waals surface area contributed by atoms with Crippen LogP contribution in [-0.4, -0.2) is 15.3 Å². The molecule has 2 aromatic carbocycles. The van der Waals surface area contributed by atoms with Gasteiger partial charge in [0.1, 0.15) is 5.75 Å². The Balaban J connectivity index is 1.77. The van der Waals surface area contributed by atoms with Gasteiger partial charge in [0, 0.05) is 29.6 Å². The van der Waals surface area contributed by atoms with E-state index in [9.17, 15) is 5.11 Å². The summed E-state index contributed by atoms with van der Waals surface area (Å²) < 4.78 is 0.702. The molecule has 4 nitrogen and oxygen atoms in total. The second-order valence-corrected chi connectivity index (χ2v) is 5.51. The molecule has 0 radical (unpaired) electrons. The summed E-state index contributed by atoms with van der Waals surface area (Å²) >= 11 is 3.32. The number of aromatic nitrogens is 2. The third kappa shape index (κ3) is 3.08. The molecule has 0 spiro atoms. The first kappa shape index (κ1) is 13.7. The zero-order valence-electron chi connectivity index (χ0n) is 11.2. The van der Waals surface area contributed by atoms with Crippen molar-refractivity contribution in [1.82, 2.24) is 10.2 Å². The summed E-state index contributed by atoms with van der Waals surface area (Å²) in [5.41, 5.74) is 3.87. The van der Waals surface area contributed by atoms with Gasteiger partial charge in [0.2, 0.25) is 0 Å². The highest BCUT2D eigenvalue weighted by molar-refractivity contribution is 9.10. The number of hydrogen-bond donors (Lipinski definition) is 3. The molecule has 0 aliphatic heterocycles. The lowest BCUT2D eigenvalue weighted by Gasteiger charge is -2.10. The van der Waals surface area contributed by atoms with E-state index in [1.54, 1.807) is 6.20 Å². The van der Waals surface area contributed by atoms with Crippen molar-refractivity contribution in [3.05, 3.63) is 64.8 Å². The van der Waals surface area contributed by atoms with E-state index in [1.165, 1.54) is 0 Å². The first-order valence-electron chi connectivity index (χ1n) is 6.54. The molecule has 0 saturated carbocycles. The molecule has 0 bridgehead atoms. The third-order valence-corrected chi connectivity index (χ3v) is 3.87. The number of aromatic hydroxyl groups is 1. The monoisotopic (exact) mass is 343 g/mol. The molecule has 0 aliphatic rings. The standard InChI is InChI=1S/C16H14BrN3O/c17-14-6-2-4-12(16(14)21)10-18-13-5-1-3-11(9-13)15-7-8-19-20-15/h1-9,18,21H,10H2,(H,19,20). The normalized spacial score (nSPS) is 10.5. The number of hydrogen-bond acceptors (Lipinski definition) is 3. The summed E-state index contributed by atoms with van der Waals surface area (Å²) in [6, 6.07) is 15.6. The van der Waals surface area contributed by atoms with E-state index >= 15 is 0 Å². The van der Waals surface area contributed by atoms with E-state index in [0.717, 1.165) is 22.5 Å². The predicted molar refractivity (Wildman–Crippen MR) is 87.2 cm³/mol. The largest absolute Gasteiger partial charge is 0.506 e. The van der Waals surface area contributed by atoms with Crippen molar-refractivity contribution in [3.8, 4) is 17.0 Å². The van der Waals surface area contributed by atoms with Crippen molar-refractivity contribution >= 4 is 21.6 Å². The number of rotatable bonds is 4. The second-order valence-electron chi connectivity index (χ2n) is 4.65. The minimum Gasteiger partial charge on any atom is -0.506 e. The van der Waals surface area contributed by atoms with Crippen molar-refractivity contribution < 1.29 is 5.11 Å². The van der Waals surface area contributed by atoms with Crippen LogP contribution in [-0.2, 0) is 6.54 Å². The molecule has 3 rings (SSSR count). The molecule has 1 heterocycles. The van der Waals surface area contributed by atoms with Gasteiger partial charge in [0.15, 0.2) is 0 Å². The number of phenolic OH excluding ortho intramolecular Hbond substituents is 1. The van der Waals surface area contributed by atoms with Crippen molar-refractivity contribution in [2.75, 3.05) is 5.32 Å². The third-order valence-electron chi connectivity index (χ3n) is 3.23. The molecule has 0 saturated heterocycles. The van der Waals surface area contributed by atoms with Crippen LogP contribution >= 0.6 is 15.9 Å². The van der Waals surface area contributed by atoms with Gasteiger partial charge in [-0.2, -0.15) is 5.10 Å². The van der Waals surface area contributed by atoms with E-state index in [0.29, 0.717) is 11.0 Å². The summed E-state index contributed by atoms with van der Waals surface area (Å²) in [4.78, 5) is 0. The molecule has 1 aromatic heterocycles. The minimum absolute atomic E-state index is 0.273. The van der Waals surface area contributed by atoms with Crippen LogP contribution in [0.1, 0.15) is 5.56 Å². The van der Waals surface area contributed by atoms with E-state index in [2.05, 4.69) is 31.4 Å². The quantitative estimate of drug-likeness (QED) is 0.666. The van der Waals surface area contributed by atoms with Crippen LogP contribution in [0, 0.1) is 0 Å². The van der Waals surface area contributed by atoms with Crippen molar-refractivity contribution in [1.29, 1.82) is 0 Å². The van der Waals surface area contributed by atoms with Crippen LogP contribution in [0.2, 0.25) is 0 Å². The lowest BCUT2D eigenvalue weighted by atomic mass is 10.1. The summed E-state index contributed by atoms with van der Waals surface area (Å²) in [6.45, 7) is 0.553. The zero-order chi connectivity index (χ0) is 14.7.